The number of aliphatic hydroxyl groups excluding tert-OH is 1. The van der Waals surface area contributed by atoms with Crippen LogP contribution in [-0.4, -0.2) is 81.0 Å². The van der Waals surface area contributed by atoms with Gasteiger partial charge in [-0.05, 0) is 57.7 Å². The molecule has 0 unspecified atom stereocenters. The second-order valence-electron chi connectivity index (χ2n) is 11.9. The zero-order valence-corrected chi connectivity index (χ0v) is 25.0. The molecule has 4 rings (SSSR count). The number of ether oxygens (including phenoxy) is 1. The van der Waals surface area contributed by atoms with Crippen molar-refractivity contribution in [3.8, 4) is 0 Å². The van der Waals surface area contributed by atoms with Crippen LogP contribution in [0.4, 0.5) is 0 Å². The highest BCUT2D eigenvalue weighted by Gasteiger charge is 2.41. The number of primary amides is 1. The minimum atomic E-state index is -1.75. The summed E-state index contributed by atoms with van der Waals surface area (Å²) in [5, 5.41) is 17.3. The molecule has 1 aliphatic heterocycles. The van der Waals surface area contributed by atoms with E-state index in [4.69, 9.17) is 10.5 Å². The predicted octanol–water partition coefficient (Wildman–Crippen LogP) is 1.56. The molecule has 0 spiro atoms. The fourth-order valence-electron chi connectivity index (χ4n) is 5.22. The van der Waals surface area contributed by atoms with E-state index in [1.165, 1.54) is 4.90 Å². The van der Waals surface area contributed by atoms with Gasteiger partial charge < -0.3 is 36.1 Å². The number of H-pyrrole nitrogens is 1. The number of carbonyl (C=O) groups is 5. The first-order valence-corrected chi connectivity index (χ1v) is 14.5. The van der Waals surface area contributed by atoms with Crippen LogP contribution >= 0.6 is 0 Å². The third-order valence-corrected chi connectivity index (χ3v) is 7.28. The van der Waals surface area contributed by atoms with Gasteiger partial charge in [0.2, 0.25) is 11.8 Å². The van der Waals surface area contributed by atoms with Gasteiger partial charge in [0.1, 0.15) is 23.4 Å². The monoisotopic (exact) mass is 605 g/mol. The van der Waals surface area contributed by atoms with Gasteiger partial charge in [0, 0.05) is 17.4 Å². The minimum Gasteiger partial charge on any atom is -0.458 e. The van der Waals surface area contributed by atoms with Crippen LogP contribution in [0.2, 0.25) is 0 Å². The summed E-state index contributed by atoms with van der Waals surface area (Å²) in [7, 11) is 0. The van der Waals surface area contributed by atoms with Crippen molar-refractivity contribution in [3.63, 3.8) is 0 Å². The highest BCUT2D eigenvalue weighted by Crippen LogP contribution is 2.23. The van der Waals surface area contributed by atoms with Gasteiger partial charge in [0.15, 0.2) is 6.10 Å². The van der Waals surface area contributed by atoms with Gasteiger partial charge in [-0.1, -0.05) is 48.5 Å². The molecule has 3 aromatic rings. The van der Waals surface area contributed by atoms with E-state index in [0.717, 1.165) is 5.39 Å². The maximum Gasteiger partial charge on any atom is 0.329 e. The van der Waals surface area contributed by atoms with Crippen molar-refractivity contribution >= 4 is 40.5 Å². The number of esters is 1. The highest BCUT2D eigenvalue weighted by atomic mass is 16.6. The average Bonchev–Trinajstić information content (AvgIpc) is 3.63. The van der Waals surface area contributed by atoms with Crippen molar-refractivity contribution in [2.45, 2.75) is 76.3 Å². The van der Waals surface area contributed by atoms with Crippen LogP contribution in [0.5, 0.6) is 0 Å². The van der Waals surface area contributed by atoms with E-state index in [2.05, 4.69) is 15.6 Å². The van der Waals surface area contributed by atoms with Gasteiger partial charge in [0.25, 0.3) is 11.8 Å². The Morgan fingerprint density at radius 3 is 2.39 bits per heavy atom. The van der Waals surface area contributed by atoms with Gasteiger partial charge in [-0.2, -0.15) is 0 Å². The number of carbonyl (C=O) groups excluding carboxylic acids is 5. The SMILES string of the molecule is CC(C)(C)OC(=O)[C@@H]1CCCN1C(=O)[C@@H](O)[C@H](Cc1ccccc1)NC(=O)[C@H](CC(N)=O)NC(=O)c1cc2ccccc2[nH]1. The summed E-state index contributed by atoms with van der Waals surface area (Å²) in [5.41, 5.74) is 6.24. The number of nitrogens with zero attached hydrogens (tertiary/aromatic N) is 1. The molecule has 12 nitrogen and oxygen atoms in total. The van der Waals surface area contributed by atoms with Crippen LogP contribution in [0.3, 0.4) is 0 Å². The number of rotatable bonds is 11. The summed E-state index contributed by atoms with van der Waals surface area (Å²) in [4.78, 5) is 69.2. The summed E-state index contributed by atoms with van der Waals surface area (Å²) in [6, 6.07) is 14.3. The molecule has 4 atom stereocenters. The molecular formula is C32H39N5O7. The van der Waals surface area contributed by atoms with E-state index in [1.54, 1.807) is 69.3 Å². The maximum atomic E-state index is 13.6. The van der Waals surface area contributed by atoms with Crippen LogP contribution in [-0.2, 0) is 30.3 Å². The summed E-state index contributed by atoms with van der Waals surface area (Å²) in [6.07, 6.45) is -1.31. The molecule has 0 radical (unpaired) electrons. The summed E-state index contributed by atoms with van der Waals surface area (Å²) in [6.45, 7) is 5.42. The number of benzene rings is 2. The van der Waals surface area contributed by atoms with E-state index in [9.17, 15) is 29.1 Å². The molecule has 44 heavy (non-hydrogen) atoms. The third-order valence-electron chi connectivity index (χ3n) is 7.28. The fourth-order valence-corrected chi connectivity index (χ4v) is 5.22. The number of fused-ring (bicyclic) bond motifs is 1. The van der Waals surface area contributed by atoms with Crippen molar-refractivity contribution < 1.29 is 33.8 Å². The van der Waals surface area contributed by atoms with E-state index in [1.807, 2.05) is 12.1 Å². The lowest BCUT2D eigenvalue weighted by molar-refractivity contribution is -0.165. The van der Waals surface area contributed by atoms with Crippen molar-refractivity contribution in [2.24, 2.45) is 5.73 Å². The Morgan fingerprint density at radius 2 is 1.73 bits per heavy atom. The second-order valence-corrected chi connectivity index (χ2v) is 11.9. The van der Waals surface area contributed by atoms with Gasteiger partial charge in [-0.25, -0.2) is 4.79 Å². The fraction of sp³-hybridized carbons (Fsp3) is 0.406. The molecule has 0 aliphatic carbocycles. The summed E-state index contributed by atoms with van der Waals surface area (Å²) >= 11 is 0. The molecule has 0 saturated carbocycles. The molecule has 2 heterocycles. The van der Waals surface area contributed by atoms with Gasteiger partial charge in [-0.3, -0.25) is 19.2 Å². The highest BCUT2D eigenvalue weighted by molar-refractivity contribution is 6.01. The Morgan fingerprint density at radius 1 is 1.05 bits per heavy atom. The average molecular weight is 606 g/mol. The molecule has 6 N–H and O–H groups in total. The molecule has 1 aliphatic rings. The van der Waals surface area contributed by atoms with Crippen molar-refractivity contribution in [2.75, 3.05) is 6.54 Å². The smallest absolute Gasteiger partial charge is 0.329 e. The number of amides is 4. The standard InChI is InChI=1S/C32H39N5O7/c1-32(2,3)44-31(43)25-14-9-15-37(25)30(42)27(39)22(16-19-10-5-4-6-11-19)35-29(41)24(18-26(33)38)36-28(40)23-17-20-12-7-8-13-21(20)34-23/h4-8,10-13,17,22,24-25,27,34,39H,9,14-16,18H2,1-3H3,(H2,33,38)(H,35,41)(H,36,40)/t22-,24-,25-,27-/m0/s1. The number of para-hydroxylation sites is 1. The minimum absolute atomic E-state index is 0.0453. The largest absolute Gasteiger partial charge is 0.458 e. The van der Waals surface area contributed by atoms with Crippen LogP contribution in [0.15, 0.2) is 60.7 Å². The van der Waals surface area contributed by atoms with Crippen LogP contribution in [0.1, 0.15) is 56.1 Å². The lowest BCUT2D eigenvalue weighted by Crippen LogP contribution is -2.58. The Kier molecular flexibility index (Phi) is 10.0. The van der Waals surface area contributed by atoms with E-state index in [0.29, 0.717) is 23.9 Å². The number of hydrogen-bond acceptors (Lipinski definition) is 7. The quantitative estimate of drug-likeness (QED) is 0.205. The number of nitrogens with one attached hydrogen (secondary N) is 3. The first-order valence-electron chi connectivity index (χ1n) is 14.5. The lowest BCUT2D eigenvalue weighted by Gasteiger charge is -2.32. The first-order chi connectivity index (χ1) is 20.8. The Hall–Kier alpha value is -4.71. The van der Waals surface area contributed by atoms with Crippen LogP contribution < -0.4 is 16.4 Å². The topological polar surface area (TPSA) is 184 Å². The molecule has 1 fully saturated rings. The maximum absolute atomic E-state index is 13.6. The zero-order valence-electron chi connectivity index (χ0n) is 25.0. The number of aliphatic hydroxyl groups is 1. The van der Waals surface area contributed by atoms with Crippen LogP contribution in [0.25, 0.3) is 10.9 Å². The van der Waals surface area contributed by atoms with E-state index in [-0.39, 0.29) is 18.7 Å². The Bertz CT molecular complexity index is 1480. The molecule has 0 bridgehead atoms. The van der Waals surface area contributed by atoms with Crippen LogP contribution in [0, 0.1) is 0 Å². The Balaban J connectivity index is 1.54. The van der Waals surface area contributed by atoms with Crippen molar-refractivity contribution in [1.82, 2.24) is 20.5 Å². The normalized spacial score (nSPS) is 17.0. The van der Waals surface area contributed by atoms with Crippen molar-refractivity contribution in [3.05, 3.63) is 71.9 Å². The van der Waals surface area contributed by atoms with E-state index < -0.39 is 65.8 Å². The molecule has 2 aromatic carbocycles. The number of aromatic amines is 1. The Labute approximate surface area is 255 Å². The molecule has 234 valence electrons. The van der Waals surface area contributed by atoms with Crippen molar-refractivity contribution in [1.29, 1.82) is 0 Å². The number of nitrogens with two attached hydrogens (primary N) is 1. The molecular weight excluding hydrogens is 566 g/mol. The number of aromatic nitrogens is 1. The lowest BCUT2D eigenvalue weighted by atomic mass is 9.99. The zero-order chi connectivity index (χ0) is 32.0. The molecule has 12 heteroatoms. The first kappa shape index (κ1) is 32.2. The van der Waals surface area contributed by atoms with Gasteiger partial charge in [0.05, 0.1) is 12.5 Å². The van der Waals surface area contributed by atoms with Gasteiger partial charge >= 0.3 is 5.97 Å². The molecule has 4 amide bonds. The number of likely N-dealkylation sites (tertiary alicyclic amines) is 1. The third kappa shape index (κ3) is 8.22. The summed E-state index contributed by atoms with van der Waals surface area (Å²) in [5.74, 6) is -3.61. The summed E-state index contributed by atoms with van der Waals surface area (Å²) < 4.78 is 5.49. The molecule has 1 saturated heterocycles. The van der Waals surface area contributed by atoms with E-state index >= 15 is 0 Å². The van der Waals surface area contributed by atoms with Gasteiger partial charge in [-0.15, -0.1) is 0 Å². The second kappa shape index (κ2) is 13.7. The predicted molar refractivity (Wildman–Crippen MR) is 162 cm³/mol. The number of hydrogen-bond donors (Lipinski definition) is 5. The molecule has 1 aromatic heterocycles.